The van der Waals surface area contributed by atoms with Gasteiger partial charge < -0.3 is 4.90 Å². The lowest BCUT2D eigenvalue weighted by Gasteiger charge is -2.34. The molecule has 4 rings (SSSR count). The van der Waals surface area contributed by atoms with E-state index in [2.05, 4.69) is 5.10 Å². The zero-order valence-corrected chi connectivity index (χ0v) is 18.7. The number of para-hydroxylation sites is 1. The number of sulfonamides is 1. The van der Waals surface area contributed by atoms with Gasteiger partial charge in [-0.15, -0.1) is 0 Å². The fourth-order valence-corrected chi connectivity index (χ4v) is 5.55. The Morgan fingerprint density at radius 1 is 0.968 bits per heavy atom. The van der Waals surface area contributed by atoms with E-state index < -0.39 is 10.0 Å². The molecule has 0 unspecified atom stereocenters. The second kappa shape index (κ2) is 8.82. The maximum Gasteiger partial charge on any atom is 0.258 e. The molecule has 1 amide bonds. The third-order valence-corrected chi connectivity index (χ3v) is 7.53. The minimum absolute atomic E-state index is 0.0451. The number of hydrogen-bond acceptors (Lipinski definition) is 4. The summed E-state index contributed by atoms with van der Waals surface area (Å²) in [6, 6.07) is 18.5. The van der Waals surface area contributed by atoms with E-state index in [-0.39, 0.29) is 29.9 Å². The van der Waals surface area contributed by atoms with E-state index in [1.54, 1.807) is 28.6 Å². The quantitative estimate of drug-likeness (QED) is 0.588. The van der Waals surface area contributed by atoms with Crippen molar-refractivity contribution in [1.29, 1.82) is 0 Å². The molecule has 0 spiro atoms. The number of halogens is 1. The SMILES string of the molecule is Cc1nn(-c2ccccc2)c(Cl)c1C(=O)N1CCN(S(=O)(=O)Cc2ccccc2)CC1. The van der Waals surface area contributed by atoms with Gasteiger partial charge in [0.1, 0.15) is 5.15 Å². The molecule has 9 heteroatoms. The van der Waals surface area contributed by atoms with E-state index in [4.69, 9.17) is 11.6 Å². The van der Waals surface area contributed by atoms with E-state index in [0.29, 0.717) is 24.3 Å². The highest BCUT2D eigenvalue weighted by Gasteiger charge is 2.32. The fraction of sp³-hybridized carbons (Fsp3) is 0.273. The predicted molar refractivity (Wildman–Crippen MR) is 120 cm³/mol. The number of rotatable bonds is 5. The van der Waals surface area contributed by atoms with Gasteiger partial charge in [0.2, 0.25) is 10.0 Å². The van der Waals surface area contributed by atoms with Gasteiger partial charge in [-0.3, -0.25) is 4.79 Å². The average molecular weight is 459 g/mol. The van der Waals surface area contributed by atoms with Gasteiger partial charge >= 0.3 is 0 Å². The van der Waals surface area contributed by atoms with Gasteiger partial charge in [-0.2, -0.15) is 9.40 Å². The lowest BCUT2D eigenvalue weighted by atomic mass is 10.2. The van der Waals surface area contributed by atoms with Crippen molar-refractivity contribution in [2.45, 2.75) is 12.7 Å². The number of aromatic nitrogens is 2. The topological polar surface area (TPSA) is 75.5 Å². The molecular weight excluding hydrogens is 436 g/mol. The Labute approximate surface area is 186 Å². The maximum absolute atomic E-state index is 13.2. The van der Waals surface area contributed by atoms with Gasteiger partial charge in [-0.05, 0) is 24.6 Å². The molecular formula is C22H23ClN4O3S. The van der Waals surface area contributed by atoms with Crippen LogP contribution < -0.4 is 0 Å². The van der Waals surface area contributed by atoms with E-state index in [9.17, 15) is 13.2 Å². The summed E-state index contributed by atoms with van der Waals surface area (Å²) < 4.78 is 28.5. The Morgan fingerprint density at radius 2 is 1.55 bits per heavy atom. The van der Waals surface area contributed by atoms with Crippen LogP contribution in [0.2, 0.25) is 5.15 Å². The lowest BCUT2D eigenvalue weighted by molar-refractivity contribution is 0.0697. The second-order valence-electron chi connectivity index (χ2n) is 7.43. The number of amides is 1. The van der Waals surface area contributed by atoms with Gasteiger partial charge in [-0.1, -0.05) is 60.1 Å². The van der Waals surface area contributed by atoms with Crippen molar-refractivity contribution in [3.63, 3.8) is 0 Å². The minimum Gasteiger partial charge on any atom is -0.336 e. The number of nitrogens with zero attached hydrogens (tertiary/aromatic N) is 4. The Morgan fingerprint density at radius 3 is 2.16 bits per heavy atom. The largest absolute Gasteiger partial charge is 0.336 e. The van der Waals surface area contributed by atoms with Crippen molar-refractivity contribution in [3.05, 3.63) is 82.6 Å². The summed E-state index contributed by atoms with van der Waals surface area (Å²) in [6.45, 7) is 2.87. The smallest absolute Gasteiger partial charge is 0.258 e. The normalized spacial score (nSPS) is 15.2. The van der Waals surface area contributed by atoms with E-state index in [1.165, 1.54) is 4.31 Å². The first kappa shape index (κ1) is 21.5. The molecule has 0 radical (unpaired) electrons. The summed E-state index contributed by atoms with van der Waals surface area (Å²) in [4.78, 5) is 14.8. The van der Waals surface area contributed by atoms with Crippen LogP contribution in [0, 0.1) is 6.92 Å². The summed E-state index contributed by atoms with van der Waals surface area (Å²) in [7, 11) is -3.45. The molecule has 0 atom stereocenters. The number of carbonyl (C=O) groups is 1. The first-order valence-electron chi connectivity index (χ1n) is 9.98. The van der Waals surface area contributed by atoms with Gasteiger partial charge in [-0.25, -0.2) is 13.1 Å². The monoisotopic (exact) mass is 458 g/mol. The number of carbonyl (C=O) groups excluding carboxylic acids is 1. The summed E-state index contributed by atoms with van der Waals surface area (Å²) in [5.74, 6) is -0.277. The van der Waals surface area contributed by atoms with Crippen LogP contribution in [-0.2, 0) is 15.8 Å². The van der Waals surface area contributed by atoms with Crippen LogP contribution in [-0.4, -0.2) is 59.5 Å². The molecule has 0 N–H and O–H groups in total. The molecule has 2 heterocycles. The third kappa shape index (κ3) is 4.51. The first-order valence-corrected chi connectivity index (χ1v) is 12.0. The Balaban J connectivity index is 1.46. The minimum atomic E-state index is -3.45. The molecule has 2 aromatic carbocycles. The molecule has 1 aliphatic heterocycles. The van der Waals surface area contributed by atoms with Crippen molar-refractivity contribution in [3.8, 4) is 5.69 Å². The molecule has 31 heavy (non-hydrogen) atoms. The summed E-state index contributed by atoms with van der Waals surface area (Å²) >= 11 is 6.52. The van der Waals surface area contributed by atoms with Crippen molar-refractivity contribution in [2.24, 2.45) is 0 Å². The molecule has 1 saturated heterocycles. The maximum atomic E-state index is 13.2. The van der Waals surface area contributed by atoms with Crippen LogP contribution in [0.25, 0.3) is 5.69 Å². The first-order chi connectivity index (χ1) is 14.9. The van der Waals surface area contributed by atoms with Crippen LogP contribution in [0.1, 0.15) is 21.6 Å². The van der Waals surface area contributed by atoms with Gasteiger partial charge in [0.15, 0.2) is 0 Å². The summed E-state index contributed by atoms with van der Waals surface area (Å²) in [5, 5.41) is 4.69. The van der Waals surface area contributed by atoms with Crippen LogP contribution in [0.5, 0.6) is 0 Å². The summed E-state index contributed by atoms with van der Waals surface area (Å²) in [6.07, 6.45) is 0. The van der Waals surface area contributed by atoms with Crippen molar-refractivity contribution in [2.75, 3.05) is 26.2 Å². The Kier molecular flexibility index (Phi) is 6.13. The molecule has 1 aromatic heterocycles. The molecule has 0 saturated carbocycles. The van der Waals surface area contributed by atoms with E-state index in [0.717, 1.165) is 11.3 Å². The molecule has 1 fully saturated rings. The average Bonchev–Trinajstić information content (AvgIpc) is 3.08. The number of hydrogen-bond donors (Lipinski definition) is 0. The van der Waals surface area contributed by atoms with Crippen molar-refractivity contribution >= 4 is 27.5 Å². The zero-order chi connectivity index (χ0) is 22.0. The molecule has 0 bridgehead atoms. The molecule has 1 aliphatic rings. The number of benzene rings is 2. The number of piperazine rings is 1. The van der Waals surface area contributed by atoms with Crippen molar-refractivity contribution in [1.82, 2.24) is 19.0 Å². The predicted octanol–water partition coefficient (Wildman–Crippen LogP) is 3.12. The molecule has 0 aliphatic carbocycles. The van der Waals surface area contributed by atoms with Gasteiger partial charge in [0.05, 0.1) is 22.7 Å². The highest BCUT2D eigenvalue weighted by atomic mass is 35.5. The lowest BCUT2D eigenvalue weighted by Crippen LogP contribution is -2.50. The Bertz CT molecular complexity index is 1170. The number of aryl methyl sites for hydroxylation is 1. The van der Waals surface area contributed by atoms with Crippen LogP contribution in [0.3, 0.4) is 0 Å². The molecule has 162 valence electrons. The second-order valence-corrected chi connectivity index (χ2v) is 9.76. The van der Waals surface area contributed by atoms with E-state index in [1.807, 2.05) is 48.5 Å². The van der Waals surface area contributed by atoms with Crippen LogP contribution in [0.15, 0.2) is 60.7 Å². The molecule has 7 nitrogen and oxygen atoms in total. The van der Waals surface area contributed by atoms with Crippen LogP contribution >= 0.6 is 11.6 Å². The third-order valence-electron chi connectivity index (χ3n) is 5.33. The van der Waals surface area contributed by atoms with E-state index >= 15 is 0 Å². The van der Waals surface area contributed by atoms with Gasteiger partial charge in [0.25, 0.3) is 5.91 Å². The van der Waals surface area contributed by atoms with Crippen molar-refractivity contribution < 1.29 is 13.2 Å². The van der Waals surface area contributed by atoms with Gasteiger partial charge in [0, 0.05) is 26.2 Å². The zero-order valence-electron chi connectivity index (χ0n) is 17.1. The highest BCUT2D eigenvalue weighted by Crippen LogP contribution is 2.25. The van der Waals surface area contributed by atoms with Crippen LogP contribution in [0.4, 0.5) is 0 Å². The highest BCUT2D eigenvalue weighted by molar-refractivity contribution is 7.88. The fourth-order valence-electron chi connectivity index (χ4n) is 3.69. The molecule has 3 aromatic rings. The summed E-state index contributed by atoms with van der Waals surface area (Å²) in [5.41, 5.74) is 2.41. The Hall–Kier alpha value is -2.68. The standard InChI is InChI=1S/C22H23ClN4O3S/c1-17-20(21(23)27(24-17)19-10-6-3-7-11-19)22(28)25-12-14-26(15-13-25)31(29,30)16-18-8-4-2-5-9-18/h2-11H,12-16H2,1H3.